The highest BCUT2D eigenvalue weighted by Crippen LogP contribution is 2.47. The molecule has 0 radical (unpaired) electrons. The minimum absolute atomic E-state index is 0.0430. The Balaban J connectivity index is 2.25. The number of rotatable bonds is 4. The summed E-state index contributed by atoms with van der Waals surface area (Å²) in [7, 11) is -8.37. The first-order valence-electron chi connectivity index (χ1n) is 7.59. The van der Waals surface area contributed by atoms with E-state index in [1.54, 1.807) is 36.4 Å². The van der Waals surface area contributed by atoms with E-state index in [4.69, 9.17) is 0 Å². The molecule has 1 aliphatic carbocycles. The topological polar surface area (TPSA) is 88.5 Å². The number of benzene rings is 2. The monoisotopic (exact) mass is 366 g/mol. The lowest BCUT2D eigenvalue weighted by molar-refractivity contribution is 0.182. The summed E-state index contributed by atoms with van der Waals surface area (Å²) < 4.78 is 50.9. The molecule has 0 spiro atoms. The van der Waals surface area contributed by atoms with Gasteiger partial charge in [0.2, 0.25) is 0 Å². The summed E-state index contributed by atoms with van der Waals surface area (Å²) in [6.45, 7) is 0. The van der Waals surface area contributed by atoms with Crippen LogP contribution in [0.5, 0.6) is 0 Å². The molecule has 1 saturated carbocycles. The van der Waals surface area contributed by atoms with Crippen LogP contribution in [0.25, 0.3) is 0 Å². The minimum Gasteiger partial charge on any atom is -0.393 e. The van der Waals surface area contributed by atoms with Gasteiger partial charge in [-0.2, -0.15) is 0 Å². The molecule has 1 unspecified atom stereocenters. The van der Waals surface area contributed by atoms with Crippen LogP contribution in [-0.4, -0.2) is 32.1 Å². The average molecular weight is 366 g/mol. The van der Waals surface area contributed by atoms with Gasteiger partial charge in [0.05, 0.1) is 15.9 Å². The van der Waals surface area contributed by atoms with Crippen LogP contribution in [0.2, 0.25) is 0 Å². The molecular weight excluding hydrogens is 348 g/mol. The average Bonchev–Trinajstić information content (AvgIpc) is 3.01. The zero-order valence-electron chi connectivity index (χ0n) is 12.9. The molecule has 7 heteroatoms. The Morgan fingerprint density at radius 3 is 1.54 bits per heavy atom. The van der Waals surface area contributed by atoms with E-state index < -0.39 is 29.9 Å². The number of hydrogen-bond acceptors (Lipinski definition) is 5. The predicted octanol–water partition coefficient (Wildman–Crippen LogP) is 2.18. The van der Waals surface area contributed by atoms with Gasteiger partial charge >= 0.3 is 0 Å². The van der Waals surface area contributed by atoms with Gasteiger partial charge < -0.3 is 5.11 Å². The van der Waals surface area contributed by atoms with Crippen LogP contribution in [-0.2, 0) is 19.7 Å². The summed E-state index contributed by atoms with van der Waals surface area (Å²) in [6, 6.07) is 15.1. The van der Waals surface area contributed by atoms with Crippen molar-refractivity contribution in [3.8, 4) is 0 Å². The number of aliphatic hydroxyl groups excluding tert-OH is 1. The molecule has 2 aromatic carbocycles. The second kappa shape index (κ2) is 5.98. The molecule has 3 rings (SSSR count). The lowest BCUT2D eigenvalue weighted by atomic mass is 10.3. The van der Waals surface area contributed by atoms with Crippen LogP contribution in [0.4, 0.5) is 0 Å². The summed E-state index contributed by atoms with van der Waals surface area (Å²) in [5, 5.41) is 9.96. The molecule has 1 fully saturated rings. The molecule has 0 amide bonds. The maximum atomic E-state index is 13.2. The fraction of sp³-hybridized carbons (Fsp3) is 0.294. The van der Waals surface area contributed by atoms with Gasteiger partial charge in [-0.3, -0.25) is 0 Å². The van der Waals surface area contributed by atoms with Crippen LogP contribution in [0, 0.1) is 0 Å². The van der Waals surface area contributed by atoms with Crippen LogP contribution in [0.1, 0.15) is 19.3 Å². The van der Waals surface area contributed by atoms with Crippen molar-refractivity contribution in [3.05, 3.63) is 60.7 Å². The highest BCUT2D eigenvalue weighted by molar-refractivity contribution is 8.10. The Labute approximate surface area is 141 Å². The molecule has 0 aromatic heterocycles. The fourth-order valence-corrected chi connectivity index (χ4v) is 8.43. The highest BCUT2D eigenvalue weighted by Gasteiger charge is 2.59. The summed E-state index contributed by atoms with van der Waals surface area (Å²) in [6.07, 6.45) is -1.26. The quantitative estimate of drug-likeness (QED) is 0.896. The number of aliphatic hydroxyl groups is 1. The van der Waals surface area contributed by atoms with Gasteiger partial charge in [0.15, 0.2) is 23.8 Å². The lowest BCUT2D eigenvalue weighted by Gasteiger charge is -2.28. The third-order valence-electron chi connectivity index (χ3n) is 4.49. The predicted molar refractivity (Wildman–Crippen MR) is 89.8 cm³/mol. The Morgan fingerprint density at radius 1 is 0.792 bits per heavy atom. The van der Waals surface area contributed by atoms with Crippen molar-refractivity contribution >= 4 is 19.7 Å². The Kier molecular flexibility index (Phi) is 4.27. The number of hydrogen-bond donors (Lipinski definition) is 1. The zero-order valence-corrected chi connectivity index (χ0v) is 14.5. The van der Waals surface area contributed by atoms with E-state index >= 15 is 0 Å². The standard InChI is InChI=1S/C17H18O5S2/c18-14-11-12-17(13-14,23(19,20)15-7-3-1-4-8-15)24(21,22)16-9-5-2-6-10-16/h1-10,14,18H,11-13H2. The smallest absolute Gasteiger partial charge is 0.198 e. The van der Waals surface area contributed by atoms with Crippen molar-refractivity contribution in [2.45, 2.75) is 39.2 Å². The van der Waals surface area contributed by atoms with Gasteiger partial charge in [0.25, 0.3) is 0 Å². The van der Waals surface area contributed by atoms with Gasteiger partial charge in [-0.25, -0.2) is 16.8 Å². The van der Waals surface area contributed by atoms with E-state index in [0.717, 1.165) is 0 Å². The largest absolute Gasteiger partial charge is 0.393 e. The van der Waals surface area contributed by atoms with E-state index in [1.807, 2.05) is 0 Å². The Bertz CT molecular complexity index is 850. The normalized spacial score (nSPS) is 20.8. The molecule has 1 N–H and O–H groups in total. The van der Waals surface area contributed by atoms with Crippen molar-refractivity contribution in [2.24, 2.45) is 0 Å². The first-order valence-corrected chi connectivity index (χ1v) is 10.6. The maximum Gasteiger partial charge on any atom is 0.198 e. The van der Waals surface area contributed by atoms with Gasteiger partial charge in [-0.1, -0.05) is 36.4 Å². The summed E-state index contributed by atoms with van der Waals surface area (Å²) in [5.41, 5.74) is 0. The first-order chi connectivity index (χ1) is 11.3. The molecule has 0 saturated heterocycles. The Hall–Kier alpha value is -1.70. The molecule has 1 aliphatic rings. The molecule has 0 bridgehead atoms. The molecule has 24 heavy (non-hydrogen) atoms. The second-order valence-electron chi connectivity index (χ2n) is 5.94. The van der Waals surface area contributed by atoms with Gasteiger partial charge in [0.1, 0.15) is 0 Å². The summed E-state index contributed by atoms with van der Waals surface area (Å²) in [5.74, 6) is 0. The van der Waals surface area contributed by atoms with E-state index in [0.29, 0.717) is 0 Å². The van der Waals surface area contributed by atoms with Gasteiger partial charge in [-0.15, -0.1) is 0 Å². The lowest BCUT2D eigenvalue weighted by Crippen LogP contribution is -2.44. The van der Waals surface area contributed by atoms with E-state index in [-0.39, 0.29) is 29.1 Å². The van der Waals surface area contributed by atoms with Gasteiger partial charge in [0, 0.05) is 6.42 Å². The molecule has 0 heterocycles. The molecule has 128 valence electrons. The molecule has 5 nitrogen and oxygen atoms in total. The van der Waals surface area contributed by atoms with Crippen molar-refractivity contribution in [2.75, 3.05) is 0 Å². The van der Waals surface area contributed by atoms with Crippen LogP contribution in [0.3, 0.4) is 0 Å². The van der Waals surface area contributed by atoms with E-state index in [1.165, 1.54) is 24.3 Å². The zero-order chi connectivity index (χ0) is 17.4. The van der Waals surface area contributed by atoms with E-state index in [9.17, 15) is 21.9 Å². The third-order valence-corrected chi connectivity index (χ3v) is 10.3. The van der Waals surface area contributed by atoms with Crippen molar-refractivity contribution < 1.29 is 21.9 Å². The number of sulfone groups is 2. The van der Waals surface area contributed by atoms with Crippen molar-refractivity contribution in [1.29, 1.82) is 0 Å². The van der Waals surface area contributed by atoms with E-state index in [2.05, 4.69) is 0 Å². The minimum atomic E-state index is -4.19. The molecular formula is C17H18O5S2. The maximum absolute atomic E-state index is 13.2. The third kappa shape index (κ3) is 2.47. The first kappa shape index (κ1) is 17.1. The van der Waals surface area contributed by atoms with Crippen molar-refractivity contribution in [3.63, 3.8) is 0 Å². The van der Waals surface area contributed by atoms with Crippen molar-refractivity contribution in [1.82, 2.24) is 0 Å². The van der Waals surface area contributed by atoms with Gasteiger partial charge in [-0.05, 0) is 37.1 Å². The Morgan fingerprint density at radius 2 is 1.21 bits per heavy atom. The highest BCUT2D eigenvalue weighted by atomic mass is 32.3. The SMILES string of the molecule is O=S(=O)(c1ccccc1)C1(S(=O)(=O)c2ccccc2)CCC(O)C1. The van der Waals surface area contributed by atoms with Crippen LogP contribution >= 0.6 is 0 Å². The summed E-state index contributed by atoms with van der Waals surface area (Å²) >= 11 is 0. The van der Waals surface area contributed by atoms with Crippen LogP contribution < -0.4 is 0 Å². The molecule has 2 aromatic rings. The van der Waals surface area contributed by atoms with Crippen LogP contribution in [0.15, 0.2) is 70.5 Å². The fourth-order valence-electron chi connectivity index (χ4n) is 3.21. The molecule has 1 atom stereocenters. The second-order valence-corrected chi connectivity index (χ2v) is 10.7. The molecule has 0 aliphatic heterocycles. The summed E-state index contributed by atoms with van der Waals surface area (Å²) in [4.78, 5) is -0.0859.